The van der Waals surface area contributed by atoms with Gasteiger partial charge in [0, 0.05) is 0 Å². The molecule has 3 N–H and O–H groups in total. The zero-order chi connectivity index (χ0) is 11.8. The van der Waals surface area contributed by atoms with E-state index >= 15 is 0 Å². The van der Waals surface area contributed by atoms with Crippen LogP contribution in [0, 0.1) is 5.92 Å². The summed E-state index contributed by atoms with van der Waals surface area (Å²) in [4.78, 5) is 9.47. The lowest BCUT2D eigenvalue weighted by molar-refractivity contribution is -0.113. The molecule has 84 valence electrons. The molecule has 0 rings (SSSR count). The van der Waals surface area contributed by atoms with Crippen molar-refractivity contribution < 1.29 is 17.8 Å². The maximum absolute atomic E-state index is 10.2. The maximum Gasteiger partial charge on any atom is 0.265 e. The van der Waals surface area contributed by atoms with Crippen molar-refractivity contribution in [2.75, 3.05) is 5.75 Å². The molecule has 1 atom stereocenters. The van der Waals surface area contributed by atoms with Crippen LogP contribution in [0.25, 0.3) is 0 Å². The monoisotopic (exact) mass is 223 g/mol. The van der Waals surface area contributed by atoms with Crippen LogP contribution in [0.15, 0.2) is 12.7 Å². The van der Waals surface area contributed by atoms with Gasteiger partial charge in [0.2, 0.25) is 5.91 Å². The topological polar surface area (TPSA) is 97.5 Å². The number of primary amides is 1. The Labute approximate surface area is 84.7 Å². The van der Waals surface area contributed by atoms with Gasteiger partial charge in [-0.15, -0.1) is 0 Å². The molecule has 0 bridgehead atoms. The third-order valence-corrected chi connectivity index (χ3v) is 2.38. The van der Waals surface area contributed by atoms with Crippen molar-refractivity contribution in [1.82, 2.24) is 0 Å². The van der Waals surface area contributed by atoms with Gasteiger partial charge >= 0.3 is 0 Å². The summed E-state index contributed by atoms with van der Waals surface area (Å²) in [5.41, 5.74) is 4.53. The maximum atomic E-state index is 10.2. The average Bonchev–Trinajstić information content (AvgIpc) is 2.02. The molecule has 0 spiro atoms. The predicted octanol–water partition coefficient (Wildman–Crippen LogP) is 0.578. The summed E-state index contributed by atoms with van der Waals surface area (Å²) in [6, 6.07) is 0. The molecule has 14 heavy (non-hydrogen) atoms. The fourth-order valence-corrected chi connectivity index (χ4v) is 1.43. The van der Waals surface area contributed by atoms with Gasteiger partial charge in [-0.3, -0.25) is 9.35 Å². The van der Waals surface area contributed by atoms with Gasteiger partial charge in [0.05, 0.1) is 5.75 Å². The summed E-state index contributed by atoms with van der Waals surface area (Å²) in [6.07, 6.45) is 1.83. The minimum atomic E-state index is -3.74. The molecular weight excluding hydrogens is 206 g/mol. The van der Waals surface area contributed by atoms with E-state index in [0.717, 1.165) is 12.5 Å². The highest BCUT2D eigenvalue weighted by Gasteiger charge is 2.09. The van der Waals surface area contributed by atoms with Crippen LogP contribution in [-0.4, -0.2) is 24.6 Å². The summed E-state index contributed by atoms with van der Waals surface area (Å²) in [6.45, 7) is 6.76. The van der Waals surface area contributed by atoms with Crippen LogP contribution < -0.4 is 5.73 Å². The van der Waals surface area contributed by atoms with E-state index < -0.39 is 16.0 Å². The van der Waals surface area contributed by atoms with Crippen molar-refractivity contribution in [3.05, 3.63) is 12.7 Å². The molecule has 0 aliphatic rings. The fourth-order valence-electron chi connectivity index (χ4n) is 0.477. The summed E-state index contributed by atoms with van der Waals surface area (Å²) in [7, 11) is -3.74. The van der Waals surface area contributed by atoms with Gasteiger partial charge in [-0.1, -0.05) is 26.8 Å². The lowest BCUT2D eigenvalue weighted by Crippen LogP contribution is -2.11. The molecule has 0 saturated heterocycles. The molecular formula is C8H17NO4S. The van der Waals surface area contributed by atoms with Crippen molar-refractivity contribution in [3.8, 4) is 0 Å². The molecule has 0 aliphatic carbocycles. The van der Waals surface area contributed by atoms with Crippen LogP contribution in [0.5, 0.6) is 0 Å². The highest BCUT2D eigenvalue weighted by molar-refractivity contribution is 7.85. The van der Waals surface area contributed by atoms with Crippen molar-refractivity contribution in [3.63, 3.8) is 0 Å². The molecule has 1 amide bonds. The standard InChI is InChI=1S/C5H12O3S.C3H5NO/c1-3-5(2)4-9(6,7)8;1-2-3(4)5/h5H,3-4H2,1-2H3,(H,6,7,8);2H,1H2,(H2,4,5). The quantitative estimate of drug-likeness (QED) is 0.538. The van der Waals surface area contributed by atoms with E-state index in [1.807, 2.05) is 6.92 Å². The largest absolute Gasteiger partial charge is 0.366 e. The molecule has 1 unspecified atom stereocenters. The van der Waals surface area contributed by atoms with Crippen LogP contribution in [0.2, 0.25) is 0 Å². The molecule has 0 heterocycles. The molecule has 0 aliphatic heterocycles. The molecule has 0 saturated carbocycles. The lowest BCUT2D eigenvalue weighted by atomic mass is 10.2. The number of rotatable bonds is 4. The Morgan fingerprint density at radius 3 is 2.07 bits per heavy atom. The highest BCUT2D eigenvalue weighted by atomic mass is 32.2. The van der Waals surface area contributed by atoms with Crippen molar-refractivity contribution >= 4 is 16.0 Å². The second-order valence-electron chi connectivity index (χ2n) is 2.87. The summed E-state index contributed by atoms with van der Waals surface area (Å²) < 4.78 is 28.6. The van der Waals surface area contributed by atoms with Gasteiger partial charge < -0.3 is 5.73 Å². The molecule has 0 fully saturated rings. The first-order chi connectivity index (χ1) is 6.22. The van der Waals surface area contributed by atoms with E-state index in [-0.39, 0.29) is 11.7 Å². The zero-order valence-corrected chi connectivity index (χ0v) is 9.25. The number of amides is 1. The Kier molecular flexibility index (Phi) is 8.37. The Morgan fingerprint density at radius 2 is 2.00 bits per heavy atom. The zero-order valence-electron chi connectivity index (χ0n) is 8.43. The second-order valence-corrected chi connectivity index (χ2v) is 4.37. The van der Waals surface area contributed by atoms with E-state index in [2.05, 4.69) is 12.3 Å². The van der Waals surface area contributed by atoms with E-state index in [9.17, 15) is 13.2 Å². The second kappa shape index (κ2) is 7.52. The van der Waals surface area contributed by atoms with E-state index in [1.54, 1.807) is 6.92 Å². The average molecular weight is 223 g/mol. The van der Waals surface area contributed by atoms with Crippen LogP contribution in [0.4, 0.5) is 0 Å². The summed E-state index contributed by atoms with van der Waals surface area (Å²) >= 11 is 0. The SMILES string of the molecule is C=CC(N)=O.CCC(C)CS(=O)(=O)O. The number of hydrogen-bond acceptors (Lipinski definition) is 3. The Bertz CT molecular complexity index is 271. The predicted molar refractivity (Wildman–Crippen MR) is 55.3 cm³/mol. The first kappa shape index (κ1) is 15.6. The third-order valence-electron chi connectivity index (χ3n) is 1.39. The number of carbonyl (C=O) groups is 1. The van der Waals surface area contributed by atoms with Crippen LogP contribution >= 0.6 is 0 Å². The van der Waals surface area contributed by atoms with Gasteiger partial charge in [-0.05, 0) is 12.0 Å². The third kappa shape index (κ3) is 17.3. The van der Waals surface area contributed by atoms with Crippen molar-refractivity contribution in [1.29, 1.82) is 0 Å². The Balaban J connectivity index is 0. The molecule has 0 aromatic heterocycles. The van der Waals surface area contributed by atoms with Gasteiger partial charge in [-0.2, -0.15) is 8.42 Å². The fraction of sp³-hybridized carbons (Fsp3) is 0.625. The lowest BCUT2D eigenvalue weighted by Gasteiger charge is -2.02. The van der Waals surface area contributed by atoms with Crippen molar-refractivity contribution in [2.24, 2.45) is 11.7 Å². The van der Waals surface area contributed by atoms with Gasteiger partial charge in [0.25, 0.3) is 10.1 Å². The van der Waals surface area contributed by atoms with Gasteiger partial charge in [-0.25, -0.2) is 0 Å². The van der Waals surface area contributed by atoms with Crippen LogP contribution in [0.1, 0.15) is 20.3 Å². The van der Waals surface area contributed by atoms with Gasteiger partial charge in [0.15, 0.2) is 0 Å². The first-order valence-corrected chi connectivity index (χ1v) is 5.70. The van der Waals surface area contributed by atoms with E-state index in [0.29, 0.717) is 0 Å². The summed E-state index contributed by atoms with van der Waals surface area (Å²) in [5.74, 6) is -0.547. The number of nitrogens with two attached hydrogens (primary N) is 1. The minimum absolute atomic E-state index is 0.0556. The minimum Gasteiger partial charge on any atom is -0.366 e. The van der Waals surface area contributed by atoms with Crippen LogP contribution in [0.3, 0.4) is 0 Å². The molecule has 0 aromatic carbocycles. The smallest absolute Gasteiger partial charge is 0.265 e. The molecule has 6 heteroatoms. The Hall–Kier alpha value is -0.880. The highest BCUT2D eigenvalue weighted by Crippen LogP contribution is 2.02. The normalized spacial score (nSPS) is 12.2. The van der Waals surface area contributed by atoms with Crippen molar-refractivity contribution in [2.45, 2.75) is 20.3 Å². The molecule has 0 radical (unpaired) electrons. The molecule has 5 nitrogen and oxygen atoms in total. The number of carbonyl (C=O) groups excluding carboxylic acids is 1. The van der Waals surface area contributed by atoms with Gasteiger partial charge in [0.1, 0.15) is 0 Å². The van der Waals surface area contributed by atoms with Crippen LogP contribution in [-0.2, 0) is 14.9 Å². The molecule has 0 aromatic rings. The van der Waals surface area contributed by atoms with E-state index in [4.69, 9.17) is 4.55 Å². The number of hydrogen-bond donors (Lipinski definition) is 2. The first-order valence-electron chi connectivity index (χ1n) is 4.10. The summed E-state index contributed by atoms with van der Waals surface area (Å²) in [5, 5.41) is 0. The Morgan fingerprint density at radius 1 is 1.64 bits per heavy atom. The van der Waals surface area contributed by atoms with E-state index in [1.165, 1.54) is 0 Å².